The molecule has 134 valence electrons. The number of hydrogen-bond acceptors (Lipinski definition) is 4. The van der Waals surface area contributed by atoms with Crippen molar-refractivity contribution in [1.29, 1.82) is 5.26 Å². The average Bonchev–Trinajstić information content (AvgIpc) is 2.96. The van der Waals surface area contributed by atoms with Gasteiger partial charge in [-0.25, -0.2) is 4.79 Å². The van der Waals surface area contributed by atoms with Crippen molar-refractivity contribution in [2.24, 2.45) is 5.92 Å². The van der Waals surface area contributed by atoms with E-state index in [2.05, 4.69) is 10.6 Å². The van der Waals surface area contributed by atoms with Crippen LogP contribution in [0.15, 0.2) is 24.3 Å². The number of carbonyl (C=O) groups excluding carboxylic acids is 2. The summed E-state index contributed by atoms with van der Waals surface area (Å²) in [4.78, 5) is 25.7. The van der Waals surface area contributed by atoms with Crippen LogP contribution >= 0.6 is 0 Å². The van der Waals surface area contributed by atoms with Crippen LogP contribution in [0.3, 0.4) is 0 Å². The van der Waals surface area contributed by atoms with Gasteiger partial charge in [-0.1, -0.05) is 13.8 Å². The highest BCUT2D eigenvalue weighted by atomic mass is 16.3. The van der Waals surface area contributed by atoms with E-state index < -0.39 is 5.60 Å². The first-order valence-corrected chi connectivity index (χ1v) is 8.36. The summed E-state index contributed by atoms with van der Waals surface area (Å²) in [6.07, 6.45) is 0.403. The van der Waals surface area contributed by atoms with Gasteiger partial charge in [-0.3, -0.25) is 4.79 Å². The number of nitrogens with zero attached hydrogens (tertiary/aromatic N) is 2. The van der Waals surface area contributed by atoms with Crippen molar-refractivity contribution in [2.45, 2.75) is 32.3 Å². The Balaban J connectivity index is 1.90. The molecule has 0 saturated carbocycles. The van der Waals surface area contributed by atoms with Gasteiger partial charge in [0.2, 0.25) is 0 Å². The first-order valence-electron chi connectivity index (χ1n) is 8.36. The van der Waals surface area contributed by atoms with Crippen molar-refractivity contribution in [3.05, 3.63) is 29.8 Å². The van der Waals surface area contributed by atoms with Gasteiger partial charge in [-0.05, 0) is 36.6 Å². The minimum atomic E-state index is -1.12. The fourth-order valence-electron chi connectivity index (χ4n) is 2.63. The molecule has 1 saturated heterocycles. The SMILES string of the molecule is CC(C)CNC(=O)c1ccc(NC(=O)N2CCC(O)(CC#N)C2)cc1. The number of aliphatic hydroxyl groups is 1. The molecule has 1 atom stereocenters. The third-order valence-corrected chi connectivity index (χ3v) is 4.10. The fraction of sp³-hybridized carbons (Fsp3) is 0.500. The highest BCUT2D eigenvalue weighted by Crippen LogP contribution is 2.25. The molecule has 1 heterocycles. The lowest BCUT2D eigenvalue weighted by Crippen LogP contribution is -2.38. The molecular weight excluding hydrogens is 320 g/mol. The van der Waals surface area contributed by atoms with Crippen molar-refractivity contribution in [2.75, 3.05) is 25.0 Å². The van der Waals surface area contributed by atoms with E-state index in [1.165, 1.54) is 4.90 Å². The van der Waals surface area contributed by atoms with Crippen molar-refractivity contribution >= 4 is 17.6 Å². The number of benzene rings is 1. The minimum absolute atomic E-state index is 0.0109. The Morgan fingerprint density at radius 1 is 1.36 bits per heavy atom. The summed E-state index contributed by atoms with van der Waals surface area (Å²) in [6, 6.07) is 8.26. The number of nitriles is 1. The normalized spacial score (nSPS) is 19.6. The number of carbonyl (C=O) groups is 2. The number of nitrogens with one attached hydrogen (secondary N) is 2. The number of amides is 3. The van der Waals surface area contributed by atoms with E-state index in [1.807, 2.05) is 19.9 Å². The third kappa shape index (κ3) is 5.19. The van der Waals surface area contributed by atoms with Gasteiger partial charge in [0.25, 0.3) is 5.91 Å². The van der Waals surface area contributed by atoms with E-state index in [-0.39, 0.29) is 24.9 Å². The van der Waals surface area contributed by atoms with Gasteiger partial charge >= 0.3 is 6.03 Å². The Bertz CT molecular complexity index is 666. The second-order valence-electron chi connectivity index (χ2n) is 6.84. The molecule has 0 aliphatic carbocycles. The summed E-state index contributed by atoms with van der Waals surface area (Å²) in [5.74, 6) is 0.232. The third-order valence-electron chi connectivity index (χ3n) is 4.10. The molecule has 1 aliphatic heterocycles. The van der Waals surface area contributed by atoms with Gasteiger partial charge in [0.15, 0.2) is 0 Å². The molecule has 1 aromatic rings. The second-order valence-corrected chi connectivity index (χ2v) is 6.84. The van der Waals surface area contributed by atoms with Crippen LogP contribution in [-0.4, -0.2) is 47.2 Å². The molecule has 2 rings (SSSR count). The van der Waals surface area contributed by atoms with Gasteiger partial charge in [0.05, 0.1) is 24.6 Å². The first kappa shape index (κ1) is 18.7. The Hall–Kier alpha value is -2.59. The molecule has 3 N–H and O–H groups in total. The molecule has 25 heavy (non-hydrogen) atoms. The quantitative estimate of drug-likeness (QED) is 0.759. The van der Waals surface area contributed by atoms with Crippen molar-refractivity contribution in [3.63, 3.8) is 0 Å². The molecule has 0 spiro atoms. The van der Waals surface area contributed by atoms with Gasteiger partial charge in [-0.2, -0.15) is 5.26 Å². The average molecular weight is 344 g/mol. The summed E-state index contributed by atoms with van der Waals surface area (Å²) < 4.78 is 0. The summed E-state index contributed by atoms with van der Waals surface area (Å²) in [5, 5.41) is 24.5. The van der Waals surface area contributed by atoms with Gasteiger partial charge in [0, 0.05) is 24.3 Å². The molecule has 1 aromatic carbocycles. The lowest BCUT2D eigenvalue weighted by molar-refractivity contribution is 0.0578. The fourth-order valence-corrected chi connectivity index (χ4v) is 2.63. The van der Waals surface area contributed by atoms with Gasteiger partial charge < -0.3 is 20.6 Å². The largest absolute Gasteiger partial charge is 0.387 e. The highest BCUT2D eigenvalue weighted by Gasteiger charge is 2.38. The van der Waals surface area contributed by atoms with E-state index in [1.54, 1.807) is 24.3 Å². The zero-order valence-corrected chi connectivity index (χ0v) is 14.6. The lowest BCUT2D eigenvalue weighted by atomic mass is 10.0. The summed E-state index contributed by atoms with van der Waals surface area (Å²) in [6.45, 7) is 5.20. The van der Waals surface area contributed by atoms with Crippen molar-refractivity contribution in [3.8, 4) is 6.07 Å². The second kappa shape index (κ2) is 7.99. The molecule has 1 aliphatic rings. The summed E-state index contributed by atoms with van der Waals surface area (Å²) in [5.41, 5.74) is -0.0193. The maximum Gasteiger partial charge on any atom is 0.321 e. The zero-order valence-electron chi connectivity index (χ0n) is 14.6. The predicted octanol–water partition coefficient (Wildman–Crippen LogP) is 1.95. The smallest absolute Gasteiger partial charge is 0.321 e. The van der Waals surface area contributed by atoms with Crippen molar-refractivity contribution in [1.82, 2.24) is 10.2 Å². The van der Waals surface area contributed by atoms with E-state index in [0.29, 0.717) is 36.7 Å². The monoisotopic (exact) mass is 344 g/mol. The van der Waals surface area contributed by atoms with Crippen LogP contribution in [0.25, 0.3) is 0 Å². The predicted molar refractivity (Wildman–Crippen MR) is 94.0 cm³/mol. The van der Waals surface area contributed by atoms with Crippen molar-refractivity contribution < 1.29 is 14.7 Å². The molecule has 3 amide bonds. The molecular formula is C18H24N4O3. The van der Waals surface area contributed by atoms with Crippen LogP contribution in [-0.2, 0) is 0 Å². The number of β-amino-alcohol motifs (C(OH)–C–C–N with tert-alkyl or cyclic N) is 1. The molecule has 1 unspecified atom stereocenters. The Labute approximate surface area is 147 Å². The van der Waals surface area contributed by atoms with Gasteiger partial charge in [-0.15, -0.1) is 0 Å². The molecule has 7 heteroatoms. The Morgan fingerprint density at radius 2 is 2.04 bits per heavy atom. The highest BCUT2D eigenvalue weighted by molar-refractivity contribution is 5.95. The first-order chi connectivity index (χ1) is 11.8. The lowest BCUT2D eigenvalue weighted by Gasteiger charge is -2.21. The molecule has 0 aromatic heterocycles. The Kier molecular flexibility index (Phi) is 5.99. The van der Waals surface area contributed by atoms with Crippen LogP contribution in [0.5, 0.6) is 0 Å². The number of hydrogen-bond donors (Lipinski definition) is 3. The minimum Gasteiger partial charge on any atom is -0.387 e. The molecule has 7 nitrogen and oxygen atoms in total. The standard InChI is InChI=1S/C18H24N4O3/c1-13(2)11-20-16(23)14-3-5-15(6-4-14)21-17(24)22-10-8-18(25,12-22)7-9-19/h3-6,13,25H,7-8,10-12H2,1-2H3,(H,20,23)(H,21,24). The van der Waals surface area contributed by atoms with E-state index in [9.17, 15) is 14.7 Å². The summed E-state index contributed by atoms with van der Waals surface area (Å²) >= 11 is 0. The van der Waals surface area contributed by atoms with Crippen LogP contribution in [0.1, 0.15) is 37.0 Å². The van der Waals surface area contributed by atoms with E-state index in [0.717, 1.165) is 0 Å². The molecule has 1 fully saturated rings. The van der Waals surface area contributed by atoms with Crippen LogP contribution in [0, 0.1) is 17.2 Å². The van der Waals surface area contributed by atoms with Crippen LogP contribution in [0.2, 0.25) is 0 Å². The zero-order chi connectivity index (χ0) is 18.4. The number of likely N-dealkylation sites (tertiary alicyclic amines) is 1. The maximum atomic E-state index is 12.2. The van der Waals surface area contributed by atoms with E-state index >= 15 is 0 Å². The molecule has 0 bridgehead atoms. The number of rotatable bonds is 5. The van der Waals surface area contributed by atoms with Crippen LogP contribution in [0.4, 0.5) is 10.5 Å². The maximum absolute atomic E-state index is 12.2. The summed E-state index contributed by atoms with van der Waals surface area (Å²) in [7, 11) is 0. The Morgan fingerprint density at radius 3 is 2.64 bits per heavy atom. The van der Waals surface area contributed by atoms with Gasteiger partial charge in [0.1, 0.15) is 0 Å². The van der Waals surface area contributed by atoms with Crippen LogP contribution < -0.4 is 10.6 Å². The topological polar surface area (TPSA) is 105 Å². The number of urea groups is 1. The number of anilines is 1. The van der Waals surface area contributed by atoms with E-state index in [4.69, 9.17) is 5.26 Å². The molecule has 0 radical (unpaired) electrons.